The van der Waals surface area contributed by atoms with Gasteiger partial charge in [0.2, 0.25) is 5.91 Å². The van der Waals surface area contributed by atoms with Crippen molar-refractivity contribution in [2.24, 2.45) is 0 Å². The van der Waals surface area contributed by atoms with Gasteiger partial charge in [-0.05, 0) is 54.1 Å². The molecule has 4 heterocycles. The minimum atomic E-state index is -3.02. The Labute approximate surface area is 186 Å². The number of nitrogens with zero attached hydrogens (tertiary/aromatic N) is 2. The molecule has 0 bridgehead atoms. The molecule has 5 rings (SSSR count). The predicted octanol–water partition coefficient (Wildman–Crippen LogP) is 3.72. The molecular weight excluding hydrogens is 436 g/mol. The van der Waals surface area contributed by atoms with E-state index in [9.17, 15) is 13.2 Å². The number of thiophene rings is 2. The molecule has 1 saturated heterocycles. The lowest BCUT2D eigenvalue weighted by Gasteiger charge is -2.39. The third-order valence-corrected chi connectivity index (χ3v) is 10.5. The number of fused-ring (bicyclic) bond motifs is 1. The van der Waals surface area contributed by atoms with Crippen molar-refractivity contribution in [2.75, 3.05) is 24.6 Å². The lowest BCUT2D eigenvalue weighted by molar-refractivity contribution is -0.137. The van der Waals surface area contributed by atoms with Crippen molar-refractivity contribution in [3.05, 3.63) is 44.3 Å². The number of carbonyl (C=O) groups is 1. The Hall–Kier alpha value is -1.22. The van der Waals surface area contributed by atoms with Gasteiger partial charge in [-0.15, -0.1) is 22.7 Å². The van der Waals surface area contributed by atoms with Crippen LogP contribution in [0, 0.1) is 0 Å². The zero-order valence-electron chi connectivity index (χ0n) is 17.0. The van der Waals surface area contributed by atoms with E-state index in [-0.39, 0.29) is 35.5 Å². The Balaban J connectivity index is 1.40. The van der Waals surface area contributed by atoms with E-state index >= 15 is 0 Å². The molecule has 1 saturated carbocycles. The van der Waals surface area contributed by atoms with Gasteiger partial charge in [-0.1, -0.05) is 18.9 Å². The van der Waals surface area contributed by atoms with Gasteiger partial charge in [0.25, 0.3) is 0 Å². The third-order valence-electron chi connectivity index (χ3n) is 6.82. The first kappa shape index (κ1) is 20.7. The molecule has 1 amide bonds. The van der Waals surface area contributed by atoms with Crippen LogP contribution in [0.25, 0.3) is 0 Å². The monoisotopic (exact) mass is 464 g/mol. The molecule has 0 aromatic carbocycles. The standard InChI is InChI=1S/C22H28N2O3S3/c25-21(24(16-4-1-2-5-16)17-9-13-30(26,27)15-17)14-23-10-7-19-18(8-12-29-19)22(23)20-6-3-11-28-20/h3,6,8,11-12,16-17,22H,1-2,4-5,7,9-10,13-15H2. The van der Waals surface area contributed by atoms with Gasteiger partial charge in [-0.3, -0.25) is 9.69 Å². The molecule has 2 aromatic heterocycles. The van der Waals surface area contributed by atoms with E-state index in [0.717, 1.165) is 38.6 Å². The lowest BCUT2D eigenvalue weighted by Crippen LogP contribution is -2.51. The maximum absolute atomic E-state index is 13.7. The highest BCUT2D eigenvalue weighted by Gasteiger charge is 2.40. The summed E-state index contributed by atoms with van der Waals surface area (Å²) in [6.45, 7) is 1.23. The summed E-state index contributed by atoms with van der Waals surface area (Å²) >= 11 is 3.55. The smallest absolute Gasteiger partial charge is 0.237 e. The second kappa shape index (κ2) is 8.37. The van der Waals surface area contributed by atoms with Crippen LogP contribution in [0.4, 0.5) is 0 Å². The fourth-order valence-electron chi connectivity index (χ4n) is 5.46. The van der Waals surface area contributed by atoms with Crippen LogP contribution in [0.2, 0.25) is 0 Å². The molecule has 0 radical (unpaired) electrons. The average molecular weight is 465 g/mol. The van der Waals surface area contributed by atoms with Crippen LogP contribution < -0.4 is 0 Å². The highest BCUT2D eigenvalue weighted by Crippen LogP contribution is 2.39. The molecule has 2 fully saturated rings. The number of hydrogen-bond donors (Lipinski definition) is 0. The second-order valence-corrected chi connectivity index (χ2v) is 12.9. The molecule has 2 aromatic rings. The first-order valence-electron chi connectivity index (χ1n) is 10.9. The minimum absolute atomic E-state index is 0.115. The van der Waals surface area contributed by atoms with Gasteiger partial charge in [-0.25, -0.2) is 8.42 Å². The highest BCUT2D eigenvalue weighted by molar-refractivity contribution is 7.91. The summed E-state index contributed by atoms with van der Waals surface area (Å²) in [6.07, 6.45) is 5.84. The fourth-order valence-corrected chi connectivity index (χ4v) is 8.95. The van der Waals surface area contributed by atoms with Crippen LogP contribution >= 0.6 is 22.7 Å². The van der Waals surface area contributed by atoms with E-state index in [4.69, 9.17) is 0 Å². The topological polar surface area (TPSA) is 57.7 Å². The van der Waals surface area contributed by atoms with Crippen LogP contribution in [0.1, 0.15) is 53.5 Å². The van der Waals surface area contributed by atoms with Gasteiger partial charge >= 0.3 is 0 Å². The van der Waals surface area contributed by atoms with Gasteiger partial charge in [0.15, 0.2) is 9.84 Å². The van der Waals surface area contributed by atoms with Crippen molar-refractivity contribution in [2.45, 2.75) is 56.7 Å². The summed E-state index contributed by atoms with van der Waals surface area (Å²) in [5, 5.41) is 4.26. The largest absolute Gasteiger partial charge is 0.335 e. The van der Waals surface area contributed by atoms with Crippen LogP contribution in [0.15, 0.2) is 29.0 Å². The van der Waals surface area contributed by atoms with Crippen LogP contribution in [0.5, 0.6) is 0 Å². The Morgan fingerprint density at radius 3 is 2.63 bits per heavy atom. The van der Waals surface area contributed by atoms with Gasteiger partial charge in [0.1, 0.15) is 0 Å². The first-order valence-corrected chi connectivity index (χ1v) is 14.5. The maximum Gasteiger partial charge on any atom is 0.237 e. The molecule has 162 valence electrons. The normalized spacial score (nSPS) is 26.7. The molecule has 2 atom stereocenters. The summed E-state index contributed by atoms with van der Waals surface area (Å²) in [4.78, 5) is 20.7. The molecular formula is C22H28N2O3S3. The molecule has 5 nitrogen and oxygen atoms in total. The van der Waals surface area contributed by atoms with Crippen LogP contribution in [-0.2, 0) is 21.1 Å². The van der Waals surface area contributed by atoms with E-state index in [1.165, 1.54) is 15.3 Å². The molecule has 30 heavy (non-hydrogen) atoms. The number of rotatable bonds is 5. The number of carbonyl (C=O) groups excluding carboxylic acids is 1. The van der Waals surface area contributed by atoms with Gasteiger partial charge in [-0.2, -0.15) is 0 Å². The Kier molecular flexibility index (Phi) is 5.77. The Morgan fingerprint density at radius 2 is 1.93 bits per heavy atom. The first-order chi connectivity index (χ1) is 14.5. The minimum Gasteiger partial charge on any atom is -0.335 e. The van der Waals surface area contributed by atoms with Crippen LogP contribution in [-0.4, -0.2) is 60.8 Å². The van der Waals surface area contributed by atoms with Crippen molar-refractivity contribution in [1.82, 2.24) is 9.80 Å². The molecule has 3 aliphatic rings. The molecule has 2 aliphatic heterocycles. The summed E-state index contributed by atoms with van der Waals surface area (Å²) < 4.78 is 24.3. The van der Waals surface area contributed by atoms with E-state index < -0.39 is 9.84 Å². The van der Waals surface area contributed by atoms with Crippen molar-refractivity contribution in [3.63, 3.8) is 0 Å². The maximum atomic E-state index is 13.7. The third kappa shape index (κ3) is 3.99. The van der Waals surface area contributed by atoms with E-state index in [1.807, 2.05) is 16.2 Å². The second-order valence-electron chi connectivity index (χ2n) is 8.73. The number of hydrogen-bond acceptors (Lipinski definition) is 6. The molecule has 0 N–H and O–H groups in total. The van der Waals surface area contributed by atoms with Gasteiger partial charge in [0, 0.05) is 28.4 Å². The predicted molar refractivity (Wildman–Crippen MR) is 122 cm³/mol. The Morgan fingerprint density at radius 1 is 1.10 bits per heavy atom. The average Bonchev–Trinajstić information content (AvgIpc) is 3.50. The summed E-state index contributed by atoms with van der Waals surface area (Å²) in [7, 11) is -3.02. The Bertz CT molecular complexity index is 993. The SMILES string of the molecule is O=C(CN1CCc2sccc2C1c1cccs1)N(C1CCCC1)C1CCS(=O)(=O)C1. The molecule has 1 aliphatic carbocycles. The fraction of sp³-hybridized carbons (Fsp3) is 0.591. The lowest BCUT2D eigenvalue weighted by atomic mass is 9.98. The highest BCUT2D eigenvalue weighted by atomic mass is 32.2. The van der Waals surface area contributed by atoms with E-state index in [0.29, 0.717) is 13.0 Å². The van der Waals surface area contributed by atoms with Crippen LogP contribution in [0.3, 0.4) is 0 Å². The zero-order valence-corrected chi connectivity index (χ0v) is 19.5. The number of amides is 1. The number of sulfone groups is 1. The zero-order chi connectivity index (χ0) is 20.7. The van der Waals surface area contributed by atoms with Gasteiger partial charge < -0.3 is 4.90 Å². The molecule has 2 unspecified atom stereocenters. The van der Waals surface area contributed by atoms with Crippen molar-refractivity contribution < 1.29 is 13.2 Å². The molecule has 0 spiro atoms. The van der Waals surface area contributed by atoms with E-state index in [1.54, 1.807) is 11.3 Å². The summed E-state index contributed by atoms with van der Waals surface area (Å²) in [6, 6.07) is 6.64. The van der Waals surface area contributed by atoms with Crippen molar-refractivity contribution in [3.8, 4) is 0 Å². The van der Waals surface area contributed by atoms with E-state index in [2.05, 4.69) is 33.9 Å². The van der Waals surface area contributed by atoms with Crippen molar-refractivity contribution >= 4 is 38.4 Å². The summed E-state index contributed by atoms with van der Waals surface area (Å²) in [5.74, 6) is 0.468. The molecule has 8 heteroatoms. The van der Waals surface area contributed by atoms with Crippen molar-refractivity contribution in [1.29, 1.82) is 0 Å². The van der Waals surface area contributed by atoms with Gasteiger partial charge in [0.05, 0.1) is 24.1 Å². The quantitative estimate of drug-likeness (QED) is 0.677. The summed E-state index contributed by atoms with van der Waals surface area (Å²) in [5.41, 5.74) is 1.33.